The van der Waals surface area contributed by atoms with Gasteiger partial charge in [0.2, 0.25) is 0 Å². The highest BCUT2D eigenvalue weighted by molar-refractivity contribution is 5.89. The summed E-state index contributed by atoms with van der Waals surface area (Å²) < 4.78 is 5.31. The van der Waals surface area contributed by atoms with Crippen LogP contribution in [0.2, 0.25) is 0 Å². The van der Waals surface area contributed by atoms with E-state index in [4.69, 9.17) is 9.84 Å². The molecule has 17 heavy (non-hydrogen) atoms. The Kier molecular flexibility index (Phi) is 4.57. The zero-order valence-corrected chi connectivity index (χ0v) is 10.6. The molecule has 5 heteroatoms. The maximum Gasteiger partial charge on any atom is 0.339 e. The lowest BCUT2D eigenvalue weighted by atomic mass is 10.1. The molecule has 1 aromatic heterocycles. The highest BCUT2D eigenvalue weighted by Gasteiger charge is 2.19. The molecule has 0 fully saturated rings. The van der Waals surface area contributed by atoms with E-state index in [0.717, 1.165) is 12.8 Å². The van der Waals surface area contributed by atoms with Crippen molar-refractivity contribution < 1.29 is 14.6 Å². The second-order valence-corrected chi connectivity index (χ2v) is 3.95. The Hall–Kier alpha value is -1.49. The van der Waals surface area contributed by atoms with Crippen LogP contribution in [0.5, 0.6) is 0 Å². The second-order valence-electron chi connectivity index (χ2n) is 3.95. The van der Waals surface area contributed by atoms with Crippen LogP contribution in [-0.2, 0) is 4.74 Å². The average Bonchev–Trinajstić information content (AvgIpc) is 2.24. The van der Waals surface area contributed by atoms with E-state index in [1.807, 2.05) is 0 Å². The average molecular weight is 238 g/mol. The van der Waals surface area contributed by atoms with Crippen molar-refractivity contribution in [3.8, 4) is 0 Å². The summed E-state index contributed by atoms with van der Waals surface area (Å²) >= 11 is 0. The number of aromatic carboxylic acids is 1. The number of ether oxygens (including phenoxy) is 1. The molecule has 0 aliphatic carbocycles. The van der Waals surface area contributed by atoms with Crippen molar-refractivity contribution in [2.45, 2.75) is 39.7 Å². The van der Waals surface area contributed by atoms with E-state index in [-0.39, 0.29) is 11.7 Å². The molecule has 1 heterocycles. The summed E-state index contributed by atoms with van der Waals surface area (Å²) in [6, 6.07) is 0. The summed E-state index contributed by atoms with van der Waals surface area (Å²) in [5.74, 6) is -0.426. The third kappa shape index (κ3) is 3.00. The number of hydrogen-bond acceptors (Lipinski definition) is 4. The second kappa shape index (κ2) is 5.72. The van der Waals surface area contributed by atoms with Crippen molar-refractivity contribution in [3.63, 3.8) is 0 Å². The van der Waals surface area contributed by atoms with Crippen LogP contribution in [-0.4, -0.2) is 28.2 Å². The molecule has 0 saturated carbocycles. The summed E-state index contributed by atoms with van der Waals surface area (Å²) in [7, 11) is 1.61. The predicted octanol–water partition coefficient (Wildman–Crippen LogP) is 2.28. The van der Waals surface area contributed by atoms with Gasteiger partial charge in [-0.15, -0.1) is 0 Å². The maximum atomic E-state index is 11.0. The number of carboxylic acid groups (broad SMARTS) is 1. The molecule has 5 nitrogen and oxygen atoms in total. The molecule has 1 unspecified atom stereocenters. The quantitative estimate of drug-likeness (QED) is 0.852. The molecule has 1 aromatic rings. The summed E-state index contributed by atoms with van der Waals surface area (Å²) in [4.78, 5) is 19.5. The van der Waals surface area contributed by atoms with Crippen LogP contribution in [0, 0.1) is 13.8 Å². The minimum atomic E-state index is -0.990. The zero-order chi connectivity index (χ0) is 13.0. The van der Waals surface area contributed by atoms with Crippen LogP contribution in [0.3, 0.4) is 0 Å². The van der Waals surface area contributed by atoms with Crippen molar-refractivity contribution in [1.82, 2.24) is 9.97 Å². The fourth-order valence-corrected chi connectivity index (χ4v) is 1.81. The molecule has 0 aromatic carbocycles. The molecular formula is C12H18N2O3. The van der Waals surface area contributed by atoms with Gasteiger partial charge in [-0.05, 0) is 20.3 Å². The fraction of sp³-hybridized carbons (Fsp3) is 0.583. The lowest BCUT2D eigenvalue weighted by Crippen LogP contribution is -2.14. The van der Waals surface area contributed by atoms with E-state index < -0.39 is 5.97 Å². The summed E-state index contributed by atoms with van der Waals surface area (Å²) in [6.45, 7) is 5.41. The van der Waals surface area contributed by atoms with Crippen molar-refractivity contribution in [3.05, 3.63) is 22.8 Å². The number of hydrogen-bond donors (Lipinski definition) is 1. The van der Waals surface area contributed by atoms with E-state index in [1.165, 1.54) is 0 Å². The molecule has 1 rings (SSSR count). The minimum absolute atomic E-state index is 0.166. The van der Waals surface area contributed by atoms with Gasteiger partial charge < -0.3 is 9.84 Å². The van der Waals surface area contributed by atoms with Crippen molar-refractivity contribution >= 4 is 5.97 Å². The van der Waals surface area contributed by atoms with E-state index in [1.54, 1.807) is 21.0 Å². The van der Waals surface area contributed by atoms with E-state index in [2.05, 4.69) is 16.9 Å². The van der Waals surface area contributed by atoms with Crippen molar-refractivity contribution in [2.75, 3.05) is 7.11 Å². The van der Waals surface area contributed by atoms with Crippen LogP contribution >= 0.6 is 0 Å². The Balaban J connectivity index is 3.17. The first-order valence-corrected chi connectivity index (χ1v) is 5.62. The van der Waals surface area contributed by atoms with Crippen LogP contribution in [0.25, 0.3) is 0 Å². The third-order valence-electron chi connectivity index (χ3n) is 2.63. The number of carbonyl (C=O) groups is 1. The molecule has 0 amide bonds. The number of carboxylic acids is 1. The molecular weight excluding hydrogens is 220 g/mol. The summed E-state index contributed by atoms with van der Waals surface area (Å²) in [5, 5.41) is 9.03. The van der Waals surface area contributed by atoms with Crippen molar-refractivity contribution in [2.24, 2.45) is 0 Å². The smallest absolute Gasteiger partial charge is 0.339 e. The van der Waals surface area contributed by atoms with Gasteiger partial charge in [-0.3, -0.25) is 0 Å². The van der Waals surface area contributed by atoms with E-state index in [9.17, 15) is 4.79 Å². The van der Waals surface area contributed by atoms with Gasteiger partial charge in [0.15, 0.2) is 5.82 Å². The molecule has 0 radical (unpaired) electrons. The first-order chi connectivity index (χ1) is 8.01. The van der Waals surface area contributed by atoms with E-state index >= 15 is 0 Å². The largest absolute Gasteiger partial charge is 0.478 e. The Morgan fingerprint density at radius 1 is 1.35 bits per heavy atom. The molecule has 0 bridgehead atoms. The molecule has 0 aliphatic heterocycles. The molecule has 0 aliphatic rings. The number of methoxy groups -OCH3 is 1. The highest BCUT2D eigenvalue weighted by Crippen LogP contribution is 2.20. The van der Waals surface area contributed by atoms with Gasteiger partial charge in [0.25, 0.3) is 0 Å². The Morgan fingerprint density at radius 3 is 2.24 bits per heavy atom. The number of aromatic nitrogens is 2. The van der Waals surface area contributed by atoms with Gasteiger partial charge in [-0.25, -0.2) is 14.8 Å². The zero-order valence-electron chi connectivity index (χ0n) is 10.6. The first-order valence-electron chi connectivity index (χ1n) is 5.62. The maximum absolute atomic E-state index is 11.0. The van der Waals surface area contributed by atoms with E-state index in [0.29, 0.717) is 17.2 Å². The first kappa shape index (κ1) is 13.6. The van der Waals surface area contributed by atoms with Gasteiger partial charge in [0.05, 0.1) is 11.4 Å². The van der Waals surface area contributed by atoms with Crippen LogP contribution in [0.15, 0.2) is 0 Å². The summed E-state index contributed by atoms with van der Waals surface area (Å²) in [5.41, 5.74) is 1.15. The molecule has 94 valence electrons. The van der Waals surface area contributed by atoms with Crippen LogP contribution < -0.4 is 0 Å². The van der Waals surface area contributed by atoms with Crippen LogP contribution in [0.4, 0.5) is 0 Å². The Morgan fingerprint density at radius 2 is 1.88 bits per heavy atom. The number of aryl methyl sites for hydroxylation is 2. The molecule has 1 atom stereocenters. The normalized spacial score (nSPS) is 12.5. The van der Waals surface area contributed by atoms with Crippen LogP contribution in [0.1, 0.15) is 53.4 Å². The highest BCUT2D eigenvalue weighted by atomic mass is 16.5. The van der Waals surface area contributed by atoms with Gasteiger partial charge in [-0.1, -0.05) is 13.3 Å². The molecule has 0 saturated heterocycles. The minimum Gasteiger partial charge on any atom is -0.478 e. The SMILES string of the molecule is CCCC(OC)c1nc(C)c(C(=O)O)c(C)n1. The Labute approximate surface area is 101 Å². The van der Waals surface area contributed by atoms with Gasteiger partial charge >= 0.3 is 5.97 Å². The van der Waals surface area contributed by atoms with Gasteiger partial charge in [0.1, 0.15) is 11.7 Å². The van der Waals surface area contributed by atoms with Gasteiger partial charge in [-0.2, -0.15) is 0 Å². The molecule has 0 spiro atoms. The lowest BCUT2D eigenvalue weighted by Gasteiger charge is -2.15. The monoisotopic (exact) mass is 238 g/mol. The number of nitrogens with zero attached hydrogens (tertiary/aromatic N) is 2. The summed E-state index contributed by atoms with van der Waals surface area (Å²) in [6.07, 6.45) is 1.61. The lowest BCUT2D eigenvalue weighted by molar-refractivity contribution is 0.0691. The Bertz CT molecular complexity index is 395. The molecule has 1 N–H and O–H groups in total. The van der Waals surface area contributed by atoms with Gasteiger partial charge in [0, 0.05) is 7.11 Å². The standard InChI is InChI=1S/C12H18N2O3/c1-5-6-9(17-4)11-13-7(2)10(12(15)16)8(3)14-11/h9H,5-6H2,1-4H3,(H,15,16). The topological polar surface area (TPSA) is 72.3 Å². The fourth-order valence-electron chi connectivity index (χ4n) is 1.81. The third-order valence-corrected chi connectivity index (χ3v) is 2.63. The predicted molar refractivity (Wildman–Crippen MR) is 63.1 cm³/mol. The van der Waals surface area contributed by atoms with Crippen molar-refractivity contribution in [1.29, 1.82) is 0 Å². The number of rotatable bonds is 5.